The number of nitrogens with zero attached hydrogens (tertiary/aromatic N) is 1. The molecule has 1 amide bonds. The second kappa shape index (κ2) is 11.7. The molecule has 2 aromatic rings. The molecule has 3 nitrogen and oxygen atoms in total. The van der Waals surface area contributed by atoms with Crippen LogP contribution in [0.25, 0.3) is 0 Å². The largest absolute Gasteiger partial charge is 0.322 e. The lowest BCUT2D eigenvalue weighted by Gasteiger charge is -2.20. The normalized spacial score (nSPS) is 12.0. The van der Waals surface area contributed by atoms with Gasteiger partial charge in [0.25, 0.3) is 0 Å². The van der Waals surface area contributed by atoms with E-state index in [1.807, 2.05) is 49.8 Å². The van der Waals surface area contributed by atoms with Crippen LogP contribution in [0.5, 0.6) is 0 Å². The van der Waals surface area contributed by atoms with Gasteiger partial charge in [-0.05, 0) is 49.6 Å². The van der Waals surface area contributed by atoms with E-state index in [4.69, 9.17) is 11.6 Å². The fourth-order valence-electron chi connectivity index (χ4n) is 3.17. The minimum atomic E-state index is -0.195. The van der Waals surface area contributed by atoms with Crippen molar-refractivity contribution in [2.24, 2.45) is 0 Å². The Labute approximate surface area is 182 Å². The molecule has 152 valence electrons. The van der Waals surface area contributed by atoms with Crippen molar-refractivity contribution in [3.63, 3.8) is 0 Å². The number of unbranched alkanes of at least 4 members (excludes halogenated alkanes) is 3. The highest BCUT2D eigenvalue weighted by atomic mass is 35.5. The Balaban J connectivity index is 2.28. The highest BCUT2D eigenvalue weighted by Crippen LogP contribution is 2.35. The van der Waals surface area contributed by atoms with Crippen LogP contribution in [0.4, 0.5) is 5.69 Å². The maximum absolute atomic E-state index is 13.3. The number of benzene rings is 1. The van der Waals surface area contributed by atoms with E-state index in [0.29, 0.717) is 5.02 Å². The van der Waals surface area contributed by atoms with Crippen molar-refractivity contribution in [2.45, 2.75) is 61.8 Å². The number of rotatable bonds is 10. The molecular weight excluding hydrogens is 408 g/mol. The predicted molar refractivity (Wildman–Crippen MR) is 124 cm³/mol. The van der Waals surface area contributed by atoms with E-state index in [2.05, 4.69) is 17.2 Å². The van der Waals surface area contributed by atoms with Gasteiger partial charge in [0.05, 0.1) is 11.6 Å². The molecule has 1 atom stereocenters. The maximum atomic E-state index is 13.3. The molecule has 1 aromatic carbocycles. The van der Waals surface area contributed by atoms with E-state index < -0.39 is 0 Å². The third-order valence-electron chi connectivity index (χ3n) is 4.67. The molecule has 0 radical (unpaired) electrons. The van der Waals surface area contributed by atoms with E-state index in [9.17, 15) is 4.79 Å². The molecule has 0 spiro atoms. The summed E-state index contributed by atoms with van der Waals surface area (Å²) >= 11 is 9.24. The lowest BCUT2D eigenvalue weighted by Crippen LogP contribution is -2.22. The molecule has 1 unspecified atom stereocenters. The summed E-state index contributed by atoms with van der Waals surface area (Å²) in [6.07, 6.45) is 9.40. The second-order valence-corrected chi connectivity index (χ2v) is 8.87. The first-order valence-electron chi connectivity index (χ1n) is 9.66. The molecule has 6 heteroatoms. The molecule has 1 heterocycles. The number of aromatic nitrogens is 1. The van der Waals surface area contributed by atoms with Gasteiger partial charge in [0, 0.05) is 15.6 Å². The smallest absolute Gasteiger partial charge is 0.232 e. The SMILES string of the molecule is CCCCCCC(C(=O)Nc1c(SC)cc(C)nc1SC)c1ccc(Cl)cc1. The highest BCUT2D eigenvalue weighted by Gasteiger charge is 2.23. The van der Waals surface area contributed by atoms with E-state index in [0.717, 1.165) is 46.1 Å². The third kappa shape index (κ3) is 6.43. The number of nitrogens with one attached hydrogen (secondary N) is 1. The Bertz CT molecular complexity index is 756. The fraction of sp³-hybridized carbons (Fsp3) is 0.455. The number of aryl methyl sites for hydroxylation is 1. The molecule has 0 bridgehead atoms. The summed E-state index contributed by atoms with van der Waals surface area (Å²) in [5, 5.41) is 4.73. The first-order chi connectivity index (χ1) is 13.5. The number of anilines is 1. The standard InChI is InChI=1S/C22H29ClN2OS2/c1-5-6-7-8-9-18(16-10-12-17(23)13-11-16)21(26)25-20-19(27-3)14-15(2)24-22(20)28-4/h10-14,18H,5-9H2,1-4H3,(H,25,26). The monoisotopic (exact) mass is 436 g/mol. The molecule has 0 aliphatic rings. The van der Waals surface area contributed by atoms with Gasteiger partial charge >= 0.3 is 0 Å². The third-order valence-corrected chi connectivity index (χ3v) is 6.37. The van der Waals surface area contributed by atoms with Crippen LogP contribution >= 0.6 is 35.1 Å². The van der Waals surface area contributed by atoms with E-state index in [-0.39, 0.29) is 11.8 Å². The molecule has 0 saturated carbocycles. The van der Waals surface area contributed by atoms with Crippen LogP contribution in [-0.4, -0.2) is 23.4 Å². The van der Waals surface area contributed by atoms with Crippen molar-refractivity contribution in [3.05, 3.63) is 46.6 Å². The molecule has 28 heavy (non-hydrogen) atoms. The first kappa shape index (κ1) is 23.1. The zero-order chi connectivity index (χ0) is 20.5. The molecule has 0 aliphatic heterocycles. The van der Waals surface area contributed by atoms with Crippen molar-refractivity contribution < 1.29 is 4.79 Å². The van der Waals surface area contributed by atoms with Gasteiger partial charge in [0.15, 0.2) is 0 Å². The number of halogens is 1. The Hall–Kier alpha value is -1.17. The second-order valence-electron chi connectivity index (χ2n) is 6.79. The van der Waals surface area contributed by atoms with Gasteiger partial charge in [-0.2, -0.15) is 0 Å². The summed E-state index contributed by atoms with van der Waals surface area (Å²) in [6, 6.07) is 9.67. The number of hydrogen-bond donors (Lipinski definition) is 1. The van der Waals surface area contributed by atoms with E-state index in [1.54, 1.807) is 23.5 Å². The Morgan fingerprint density at radius 2 is 1.86 bits per heavy atom. The fourth-order valence-corrected chi connectivity index (χ4v) is 4.60. The quantitative estimate of drug-likeness (QED) is 0.316. The van der Waals surface area contributed by atoms with Crippen LogP contribution < -0.4 is 5.32 Å². The van der Waals surface area contributed by atoms with Gasteiger partial charge in [-0.15, -0.1) is 23.5 Å². The van der Waals surface area contributed by atoms with Crippen LogP contribution in [0.1, 0.15) is 56.2 Å². The van der Waals surface area contributed by atoms with E-state index >= 15 is 0 Å². The lowest BCUT2D eigenvalue weighted by atomic mass is 9.92. The Morgan fingerprint density at radius 3 is 2.46 bits per heavy atom. The zero-order valence-electron chi connectivity index (χ0n) is 17.0. The van der Waals surface area contributed by atoms with Crippen LogP contribution in [0.15, 0.2) is 40.3 Å². The summed E-state index contributed by atoms with van der Waals surface area (Å²) in [5.74, 6) is -0.171. The van der Waals surface area contributed by atoms with Gasteiger partial charge in [0.2, 0.25) is 5.91 Å². The van der Waals surface area contributed by atoms with E-state index in [1.165, 1.54) is 12.8 Å². The number of hydrogen-bond acceptors (Lipinski definition) is 4. The molecule has 2 rings (SSSR count). The summed E-state index contributed by atoms with van der Waals surface area (Å²) < 4.78 is 0. The van der Waals surface area contributed by atoms with Gasteiger partial charge < -0.3 is 5.32 Å². The number of amides is 1. The van der Waals surface area contributed by atoms with Gasteiger partial charge in [-0.25, -0.2) is 4.98 Å². The van der Waals surface area contributed by atoms with Crippen LogP contribution in [-0.2, 0) is 4.79 Å². The molecular formula is C22H29ClN2OS2. The van der Waals surface area contributed by atoms with Gasteiger partial charge in [-0.1, -0.05) is 56.3 Å². The maximum Gasteiger partial charge on any atom is 0.232 e. The first-order valence-corrected chi connectivity index (χ1v) is 12.5. The summed E-state index contributed by atoms with van der Waals surface area (Å²) in [6.45, 7) is 4.18. The molecule has 0 fully saturated rings. The average Bonchev–Trinajstić information content (AvgIpc) is 2.69. The van der Waals surface area contributed by atoms with Crippen molar-refractivity contribution >= 4 is 46.7 Å². The summed E-state index contributed by atoms with van der Waals surface area (Å²) in [4.78, 5) is 18.9. The minimum Gasteiger partial charge on any atom is -0.322 e. The van der Waals surface area contributed by atoms with Crippen LogP contribution in [0, 0.1) is 6.92 Å². The molecule has 0 saturated heterocycles. The molecule has 1 aromatic heterocycles. The Morgan fingerprint density at radius 1 is 1.14 bits per heavy atom. The predicted octanol–water partition coefficient (Wildman–Crippen LogP) is 7.18. The summed E-state index contributed by atoms with van der Waals surface area (Å²) in [5.41, 5.74) is 2.79. The van der Waals surface area contributed by atoms with Crippen molar-refractivity contribution in [1.29, 1.82) is 0 Å². The number of carbonyl (C=O) groups is 1. The molecule has 1 N–H and O–H groups in total. The van der Waals surface area contributed by atoms with Gasteiger partial charge in [0.1, 0.15) is 5.03 Å². The van der Waals surface area contributed by atoms with Crippen molar-refractivity contribution in [2.75, 3.05) is 17.8 Å². The lowest BCUT2D eigenvalue weighted by molar-refractivity contribution is -0.117. The number of pyridine rings is 1. The topological polar surface area (TPSA) is 42.0 Å². The number of thioether (sulfide) groups is 2. The van der Waals surface area contributed by atoms with Gasteiger partial charge in [-0.3, -0.25) is 4.79 Å². The summed E-state index contributed by atoms with van der Waals surface area (Å²) in [7, 11) is 0. The van der Waals surface area contributed by atoms with Crippen molar-refractivity contribution in [3.8, 4) is 0 Å². The minimum absolute atomic E-state index is 0.0232. The number of carbonyl (C=O) groups excluding carboxylic acids is 1. The van der Waals surface area contributed by atoms with Crippen molar-refractivity contribution in [1.82, 2.24) is 4.98 Å². The Kier molecular flexibility index (Phi) is 9.69. The zero-order valence-corrected chi connectivity index (χ0v) is 19.4. The highest BCUT2D eigenvalue weighted by molar-refractivity contribution is 7.99. The average molecular weight is 437 g/mol. The van der Waals surface area contributed by atoms with Crippen LogP contribution in [0.3, 0.4) is 0 Å². The van der Waals surface area contributed by atoms with Crippen LogP contribution in [0.2, 0.25) is 5.02 Å². The molecule has 0 aliphatic carbocycles.